The third-order valence-corrected chi connectivity index (χ3v) is 3.11. The van der Waals surface area contributed by atoms with E-state index >= 15 is 0 Å². The van der Waals surface area contributed by atoms with E-state index in [4.69, 9.17) is 0 Å². The fraction of sp³-hybridized carbons (Fsp3) is 0.385. The van der Waals surface area contributed by atoms with Crippen LogP contribution in [0.15, 0.2) is 18.2 Å². The van der Waals surface area contributed by atoms with Crippen molar-refractivity contribution >= 4 is 17.5 Å². The standard InChI is InChI=1S/C13H14N2O5/c1-13(2,18)5-6-14-11(16)9-4-3-8(15(19)20)7-10(9)12(14)17/h3-4,7,18H,5-6H2,1-2H3. The first-order chi connectivity index (χ1) is 9.20. The number of imide groups is 1. The van der Waals surface area contributed by atoms with Crippen LogP contribution >= 0.6 is 0 Å². The lowest BCUT2D eigenvalue weighted by Crippen LogP contribution is -2.35. The Bertz CT molecular complexity index is 603. The first-order valence-electron chi connectivity index (χ1n) is 6.08. The van der Waals surface area contributed by atoms with Gasteiger partial charge in [-0.15, -0.1) is 0 Å². The number of nitro groups is 1. The molecule has 0 fully saturated rings. The Morgan fingerprint density at radius 2 is 1.85 bits per heavy atom. The van der Waals surface area contributed by atoms with Crippen molar-refractivity contribution < 1.29 is 19.6 Å². The summed E-state index contributed by atoms with van der Waals surface area (Å²) in [6.07, 6.45) is 0.237. The van der Waals surface area contributed by atoms with E-state index in [0.29, 0.717) is 0 Å². The number of nitrogens with zero attached hydrogens (tertiary/aromatic N) is 2. The van der Waals surface area contributed by atoms with E-state index in [0.717, 1.165) is 11.0 Å². The SMILES string of the molecule is CC(C)(O)CCN1C(=O)c2ccc([N+](=O)[O-])cc2C1=O. The molecule has 7 nitrogen and oxygen atoms in total. The molecule has 0 saturated heterocycles. The second-order valence-corrected chi connectivity index (χ2v) is 5.31. The molecule has 0 unspecified atom stereocenters. The highest BCUT2D eigenvalue weighted by molar-refractivity contribution is 6.21. The molecule has 0 aromatic heterocycles. The Morgan fingerprint density at radius 3 is 2.40 bits per heavy atom. The summed E-state index contributed by atoms with van der Waals surface area (Å²) in [5, 5.41) is 20.3. The monoisotopic (exact) mass is 278 g/mol. The van der Waals surface area contributed by atoms with Gasteiger partial charge < -0.3 is 5.11 Å². The van der Waals surface area contributed by atoms with Gasteiger partial charge in [0.15, 0.2) is 0 Å². The van der Waals surface area contributed by atoms with E-state index < -0.39 is 22.3 Å². The van der Waals surface area contributed by atoms with Crippen molar-refractivity contribution in [2.75, 3.05) is 6.54 Å². The molecule has 1 aromatic carbocycles. The highest BCUT2D eigenvalue weighted by Crippen LogP contribution is 2.27. The first kappa shape index (κ1) is 14.1. The molecule has 1 aliphatic rings. The molecule has 0 bridgehead atoms. The van der Waals surface area contributed by atoms with Gasteiger partial charge in [-0.1, -0.05) is 0 Å². The maximum atomic E-state index is 12.1. The van der Waals surface area contributed by atoms with E-state index in [1.165, 1.54) is 12.1 Å². The Morgan fingerprint density at radius 1 is 1.25 bits per heavy atom. The van der Waals surface area contributed by atoms with Gasteiger partial charge in [-0.3, -0.25) is 24.6 Å². The van der Waals surface area contributed by atoms with Crippen molar-refractivity contribution in [1.82, 2.24) is 4.90 Å². The number of carbonyl (C=O) groups is 2. The molecule has 1 heterocycles. The number of rotatable bonds is 4. The normalized spacial score (nSPS) is 14.7. The van der Waals surface area contributed by atoms with Crippen molar-refractivity contribution in [3.63, 3.8) is 0 Å². The van der Waals surface area contributed by atoms with Crippen LogP contribution in [0.3, 0.4) is 0 Å². The molecule has 0 atom stereocenters. The maximum absolute atomic E-state index is 12.1. The van der Waals surface area contributed by atoms with E-state index in [1.54, 1.807) is 13.8 Å². The van der Waals surface area contributed by atoms with E-state index in [2.05, 4.69) is 0 Å². The number of hydrogen-bond acceptors (Lipinski definition) is 5. The summed E-state index contributed by atoms with van der Waals surface area (Å²) in [6, 6.07) is 3.60. The van der Waals surface area contributed by atoms with Crippen LogP contribution in [-0.2, 0) is 0 Å². The van der Waals surface area contributed by atoms with Crippen molar-refractivity contribution in [2.45, 2.75) is 25.9 Å². The van der Waals surface area contributed by atoms with Crippen molar-refractivity contribution in [3.05, 3.63) is 39.4 Å². The predicted octanol–water partition coefficient (Wildman–Crippen LogP) is 1.35. The fourth-order valence-electron chi connectivity index (χ4n) is 1.98. The molecule has 1 N–H and O–H groups in total. The lowest BCUT2D eigenvalue weighted by atomic mass is 10.1. The minimum atomic E-state index is -0.999. The smallest absolute Gasteiger partial charge is 0.270 e. The Hall–Kier alpha value is -2.28. The van der Waals surface area contributed by atoms with Gasteiger partial charge in [0, 0.05) is 18.7 Å². The highest BCUT2D eigenvalue weighted by Gasteiger charge is 2.37. The second-order valence-electron chi connectivity index (χ2n) is 5.31. The summed E-state index contributed by atoms with van der Waals surface area (Å²) in [5.74, 6) is -1.04. The molecule has 0 saturated carbocycles. The van der Waals surface area contributed by atoms with Crippen molar-refractivity contribution in [1.29, 1.82) is 0 Å². The lowest BCUT2D eigenvalue weighted by Gasteiger charge is -2.21. The molecule has 2 rings (SSSR count). The van der Waals surface area contributed by atoms with Gasteiger partial charge >= 0.3 is 0 Å². The zero-order valence-corrected chi connectivity index (χ0v) is 11.1. The predicted molar refractivity (Wildman–Crippen MR) is 69.4 cm³/mol. The van der Waals surface area contributed by atoms with Crippen LogP contribution in [0.2, 0.25) is 0 Å². The largest absolute Gasteiger partial charge is 0.390 e. The van der Waals surface area contributed by atoms with E-state index in [9.17, 15) is 24.8 Å². The molecule has 106 valence electrons. The lowest BCUT2D eigenvalue weighted by molar-refractivity contribution is -0.384. The summed E-state index contributed by atoms with van der Waals surface area (Å²) in [7, 11) is 0. The Balaban J connectivity index is 2.28. The molecular weight excluding hydrogens is 264 g/mol. The quantitative estimate of drug-likeness (QED) is 0.509. The zero-order valence-electron chi connectivity index (χ0n) is 11.1. The molecule has 0 spiro atoms. The molecule has 20 heavy (non-hydrogen) atoms. The number of amides is 2. The summed E-state index contributed by atoms with van der Waals surface area (Å²) in [6.45, 7) is 3.23. The summed E-state index contributed by atoms with van der Waals surface area (Å²) < 4.78 is 0. The number of benzene rings is 1. The van der Waals surface area contributed by atoms with Gasteiger partial charge in [0.05, 0.1) is 21.7 Å². The van der Waals surface area contributed by atoms with Crippen LogP contribution in [0.25, 0.3) is 0 Å². The van der Waals surface area contributed by atoms with Crippen LogP contribution in [-0.4, -0.2) is 38.9 Å². The number of nitro benzene ring substituents is 1. The third kappa shape index (κ3) is 2.53. The van der Waals surface area contributed by atoms with Crippen LogP contribution in [0.5, 0.6) is 0 Å². The Kier molecular flexibility index (Phi) is 3.31. The number of fused-ring (bicyclic) bond motifs is 1. The van der Waals surface area contributed by atoms with E-state index in [-0.39, 0.29) is 29.8 Å². The number of carbonyl (C=O) groups excluding carboxylic acids is 2. The van der Waals surface area contributed by atoms with Crippen LogP contribution in [0.4, 0.5) is 5.69 Å². The molecule has 0 aliphatic carbocycles. The van der Waals surface area contributed by atoms with Crippen molar-refractivity contribution in [3.8, 4) is 0 Å². The number of aliphatic hydroxyl groups is 1. The zero-order chi connectivity index (χ0) is 15.1. The second kappa shape index (κ2) is 4.68. The van der Waals surface area contributed by atoms with Gasteiger partial charge in [0.2, 0.25) is 0 Å². The molecule has 2 amide bonds. The van der Waals surface area contributed by atoms with Gasteiger partial charge in [-0.05, 0) is 26.3 Å². The number of hydrogen-bond donors (Lipinski definition) is 1. The molecule has 1 aromatic rings. The minimum absolute atomic E-state index is 0.0416. The Labute approximate surface area is 115 Å². The topological polar surface area (TPSA) is 101 Å². The van der Waals surface area contributed by atoms with Gasteiger partial charge in [-0.2, -0.15) is 0 Å². The fourth-order valence-corrected chi connectivity index (χ4v) is 1.98. The average Bonchev–Trinajstić information content (AvgIpc) is 2.58. The number of non-ortho nitro benzene ring substituents is 1. The third-order valence-electron chi connectivity index (χ3n) is 3.11. The average molecular weight is 278 g/mol. The van der Waals surface area contributed by atoms with Gasteiger partial charge in [0.25, 0.3) is 17.5 Å². The van der Waals surface area contributed by atoms with Gasteiger partial charge in [0.1, 0.15) is 0 Å². The van der Waals surface area contributed by atoms with E-state index in [1.807, 2.05) is 0 Å². The first-order valence-corrected chi connectivity index (χ1v) is 6.08. The highest BCUT2D eigenvalue weighted by atomic mass is 16.6. The van der Waals surface area contributed by atoms with Crippen LogP contribution < -0.4 is 0 Å². The van der Waals surface area contributed by atoms with Crippen molar-refractivity contribution in [2.24, 2.45) is 0 Å². The molecule has 7 heteroatoms. The van der Waals surface area contributed by atoms with Gasteiger partial charge in [-0.25, -0.2) is 0 Å². The van der Waals surface area contributed by atoms with Crippen LogP contribution in [0.1, 0.15) is 41.0 Å². The summed E-state index contributed by atoms with van der Waals surface area (Å²) >= 11 is 0. The van der Waals surface area contributed by atoms with Crippen LogP contribution in [0, 0.1) is 10.1 Å². The minimum Gasteiger partial charge on any atom is -0.390 e. The maximum Gasteiger partial charge on any atom is 0.270 e. The molecular formula is C13H14N2O5. The summed E-state index contributed by atoms with van der Waals surface area (Å²) in [5.41, 5.74) is -1.02. The summed E-state index contributed by atoms with van der Waals surface area (Å²) in [4.78, 5) is 35.2. The molecule has 1 aliphatic heterocycles. The molecule has 0 radical (unpaired) electrons.